The maximum absolute atomic E-state index is 9.36. The van der Waals surface area contributed by atoms with E-state index < -0.39 is 5.97 Å². The highest BCUT2D eigenvalue weighted by Crippen LogP contribution is 1.75. The van der Waals surface area contributed by atoms with Crippen molar-refractivity contribution < 1.29 is 9.90 Å². The van der Waals surface area contributed by atoms with Gasteiger partial charge in [0.2, 0.25) is 0 Å². The fraction of sp³-hybridized carbons (Fsp3) is 0.833. The summed E-state index contributed by atoms with van der Waals surface area (Å²) >= 11 is 1.78. The van der Waals surface area contributed by atoms with Crippen LogP contribution in [0.1, 0.15) is 0 Å². The van der Waals surface area contributed by atoms with Gasteiger partial charge in [0.1, 0.15) is 0 Å². The molecule has 0 amide bonds. The molecule has 4 nitrogen and oxygen atoms in total. The molecule has 1 fully saturated rings. The maximum atomic E-state index is 9.36. The number of hydrogen-bond donors (Lipinski definition) is 3. The maximum Gasteiger partial charge on any atom is 0.313 e. The zero-order valence-electron chi connectivity index (χ0n) is 6.27. The van der Waals surface area contributed by atoms with Crippen molar-refractivity contribution in [2.75, 3.05) is 30.6 Å². The zero-order chi connectivity index (χ0) is 8.53. The Morgan fingerprint density at radius 2 is 1.55 bits per heavy atom. The van der Waals surface area contributed by atoms with Crippen LogP contribution in [0, 0.1) is 0 Å². The third-order valence-corrected chi connectivity index (χ3v) is 1.72. The molecule has 11 heavy (non-hydrogen) atoms. The minimum Gasteiger partial charge on any atom is -0.481 e. The summed E-state index contributed by atoms with van der Waals surface area (Å²) in [6.45, 7) is 4.56. The highest BCUT2D eigenvalue weighted by molar-refractivity contribution is 14.1. The summed E-state index contributed by atoms with van der Waals surface area (Å²) in [6.07, 6.45) is 0. The molecule has 0 bridgehead atoms. The molecule has 0 saturated carbocycles. The molecule has 1 aliphatic heterocycles. The predicted molar refractivity (Wildman–Crippen MR) is 52.3 cm³/mol. The van der Waals surface area contributed by atoms with E-state index in [1.807, 2.05) is 0 Å². The number of nitrogens with one attached hydrogen (secondary N) is 2. The van der Waals surface area contributed by atoms with Crippen LogP contribution in [0.5, 0.6) is 0 Å². The van der Waals surface area contributed by atoms with Crippen molar-refractivity contribution in [1.82, 2.24) is 10.6 Å². The lowest BCUT2D eigenvalue weighted by atomic mass is 10.4. The van der Waals surface area contributed by atoms with Gasteiger partial charge in [0.25, 0.3) is 0 Å². The lowest BCUT2D eigenvalue weighted by Crippen LogP contribution is -2.39. The summed E-state index contributed by atoms with van der Waals surface area (Å²) in [5.74, 6) is -0.759. The lowest BCUT2D eigenvalue weighted by Gasteiger charge is -2.11. The van der Waals surface area contributed by atoms with Gasteiger partial charge in [0.05, 0.1) is 4.43 Å². The molecular weight excluding hydrogens is 259 g/mol. The van der Waals surface area contributed by atoms with E-state index in [2.05, 4.69) is 10.6 Å². The lowest BCUT2D eigenvalue weighted by molar-refractivity contribution is -0.133. The van der Waals surface area contributed by atoms with Crippen LogP contribution in [-0.4, -0.2) is 41.7 Å². The minimum absolute atomic E-state index is 0.192. The molecule has 0 aromatic heterocycles. The van der Waals surface area contributed by atoms with Gasteiger partial charge in [-0.1, -0.05) is 22.6 Å². The molecule has 0 spiro atoms. The number of carboxylic acid groups (broad SMARTS) is 1. The van der Waals surface area contributed by atoms with Crippen molar-refractivity contribution in [2.45, 2.75) is 0 Å². The molecule has 5 heteroatoms. The van der Waals surface area contributed by atoms with Gasteiger partial charge in [-0.15, -0.1) is 0 Å². The Morgan fingerprint density at radius 1 is 1.27 bits per heavy atom. The topological polar surface area (TPSA) is 61.4 Å². The van der Waals surface area contributed by atoms with E-state index in [0.29, 0.717) is 0 Å². The number of aliphatic carboxylic acids is 1. The molecule has 66 valence electrons. The van der Waals surface area contributed by atoms with Gasteiger partial charge in [-0.05, 0) is 0 Å². The number of carboxylic acids is 1. The van der Waals surface area contributed by atoms with Gasteiger partial charge in [0.15, 0.2) is 0 Å². The average molecular weight is 272 g/mol. The summed E-state index contributed by atoms with van der Waals surface area (Å²) < 4.78 is 0.192. The van der Waals surface area contributed by atoms with Crippen LogP contribution in [0.15, 0.2) is 0 Å². The number of piperazine rings is 1. The molecule has 0 aliphatic carbocycles. The molecule has 0 aromatic rings. The monoisotopic (exact) mass is 272 g/mol. The molecule has 1 aliphatic rings. The van der Waals surface area contributed by atoms with Crippen LogP contribution in [0.2, 0.25) is 0 Å². The second-order valence-corrected chi connectivity index (χ2v) is 2.79. The van der Waals surface area contributed by atoms with Crippen molar-refractivity contribution in [1.29, 1.82) is 0 Å². The number of hydrogen-bond acceptors (Lipinski definition) is 3. The highest BCUT2D eigenvalue weighted by atomic mass is 127. The Bertz CT molecular complexity index is 95.2. The quantitative estimate of drug-likeness (QED) is 0.452. The van der Waals surface area contributed by atoms with Gasteiger partial charge in [0, 0.05) is 26.2 Å². The predicted octanol–water partition coefficient (Wildman–Crippen LogP) is -0.315. The molecule has 0 atom stereocenters. The van der Waals surface area contributed by atoms with Crippen LogP contribution in [0.25, 0.3) is 0 Å². The number of rotatable bonds is 1. The van der Waals surface area contributed by atoms with E-state index in [4.69, 9.17) is 5.11 Å². The van der Waals surface area contributed by atoms with Gasteiger partial charge in [-0.3, -0.25) is 4.79 Å². The zero-order valence-corrected chi connectivity index (χ0v) is 8.43. The largest absolute Gasteiger partial charge is 0.481 e. The third kappa shape index (κ3) is 10.1. The molecule has 0 aromatic carbocycles. The van der Waals surface area contributed by atoms with Crippen molar-refractivity contribution in [2.24, 2.45) is 0 Å². The molecule has 1 saturated heterocycles. The van der Waals surface area contributed by atoms with Gasteiger partial charge in [-0.25, -0.2) is 0 Å². The number of alkyl halides is 1. The summed E-state index contributed by atoms with van der Waals surface area (Å²) in [6, 6.07) is 0. The van der Waals surface area contributed by atoms with Crippen LogP contribution >= 0.6 is 22.6 Å². The first-order chi connectivity index (χ1) is 5.27. The van der Waals surface area contributed by atoms with E-state index in [1.165, 1.54) is 0 Å². The van der Waals surface area contributed by atoms with Crippen LogP contribution in [0.3, 0.4) is 0 Å². The van der Waals surface area contributed by atoms with Crippen molar-refractivity contribution in [3.8, 4) is 0 Å². The Morgan fingerprint density at radius 3 is 1.64 bits per heavy atom. The Kier molecular flexibility index (Phi) is 8.31. The van der Waals surface area contributed by atoms with Crippen molar-refractivity contribution >= 4 is 28.6 Å². The van der Waals surface area contributed by atoms with Crippen LogP contribution in [0.4, 0.5) is 0 Å². The normalized spacial score (nSPS) is 16.5. The molecular formula is C6H13IN2O2. The fourth-order valence-corrected chi connectivity index (χ4v) is 0.604. The van der Waals surface area contributed by atoms with Gasteiger partial charge >= 0.3 is 5.97 Å². The molecule has 0 unspecified atom stereocenters. The summed E-state index contributed by atoms with van der Waals surface area (Å²) in [5, 5.41) is 14.2. The Labute approximate surface area is 79.9 Å². The number of halogens is 1. The SMILES string of the molecule is C1CNCCN1.O=C(O)CI. The second kappa shape index (κ2) is 8.22. The van der Waals surface area contributed by atoms with Crippen LogP contribution in [-0.2, 0) is 4.79 Å². The minimum atomic E-state index is -0.759. The summed E-state index contributed by atoms with van der Waals surface area (Å²) in [4.78, 5) is 9.36. The Balaban J connectivity index is 0.000000187. The average Bonchev–Trinajstić information content (AvgIpc) is 2.09. The smallest absolute Gasteiger partial charge is 0.313 e. The fourth-order valence-electron chi connectivity index (χ4n) is 0.604. The first kappa shape index (κ1) is 11.1. The van der Waals surface area contributed by atoms with Crippen molar-refractivity contribution in [3.05, 3.63) is 0 Å². The summed E-state index contributed by atoms with van der Waals surface area (Å²) in [5.41, 5.74) is 0. The van der Waals surface area contributed by atoms with Crippen molar-refractivity contribution in [3.63, 3.8) is 0 Å². The molecule has 1 heterocycles. The van der Waals surface area contributed by atoms with Crippen LogP contribution < -0.4 is 10.6 Å². The standard InChI is InChI=1S/C4H10N2.C2H3IO2/c1-2-6-4-3-5-1;3-1-2(4)5/h5-6H,1-4H2;1H2,(H,4,5). The van der Waals surface area contributed by atoms with E-state index in [9.17, 15) is 4.79 Å². The first-order valence-corrected chi connectivity index (χ1v) is 4.99. The third-order valence-electron chi connectivity index (χ3n) is 1.07. The van der Waals surface area contributed by atoms with E-state index in [-0.39, 0.29) is 4.43 Å². The Hall–Kier alpha value is 0.120. The van der Waals surface area contributed by atoms with E-state index in [1.54, 1.807) is 22.6 Å². The molecule has 1 rings (SSSR count). The van der Waals surface area contributed by atoms with E-state index >= 15 is 0 Å². The molecule has 0 radical (unpaired) electrons. The number of carbonyl (C=O) groups is 1. The van der Waals surface area contributed by atoms with Gasteiger partial charge < -0.3 is 15.7 Å². The first-order valence-electron chi connectivity index (χ1n) is 3.46. The molecule has 3 N–H and O–H groups in total. The summed E-state index contributed by atoms with van der Waals surface area (Å²) in [7, 11) is 0. The van der Waals surface area contributed by atoms with Gasteiger partial charge in [-0.2, -0.15) is 0 Å². The van der Waals surface area contributed by atoms with E-state index in [0.717, 1.165) is 26.2 Å². The second-order valence-electron chi connectivity index (χ2n) is 2.03. The highest BCUT2D eigenvalue weighted by Gasteiger charge is 1.91.